The van der Waals surface area contributed by atoms with Crippen molar-refractivity contribution in [2.45, 2.75) is 32.2 Å². The van der Waals surface area contributed by atoms with Crippen molar-refractivity contribution in [3.8, 4) is 23.0 Å². The number of aromatic nitrogens is 5. The third-order valence-electron chi connectivity index (χ3n) is 7.57. The number of amides is 1. The normalized spacial score (nSPS) is 15.6. The van der Waals surface area contributed by atoms with Crippen LogP contribution in [0, 0.1) is 6.92 Å². The van der Waals surface area contributed by atoms with Crippen molar-refractivity contribution in [3.63, 3.8) is 0 Å². The number of fused-ring (bicyclic) bond motifs is 2. The van der Waals surface area contributed by atoms with Gasteiger partial charge in [0.1, 0.15) is 35.7 Å². The van der Waals surface area contributed by atoms with E-state index in [9.17, 15) is 22.4 Å². The molecule has 3 aromatic heterocycles. The third kappa shape index (κ3) is 7.01. The van der Waals surface area contributed by atoms with E-state index in [4.69, 9.17) is 9.47 Å². The summed E-state index contributed by atoms with van der Waals surface area (Å²) in [6, 6.07) is 8.42. The lowest BCUT2D eigenvalue weighted by Gasteiger charge is -2.19. The van der Waals surface area contributed by atoms with Crippen LogP contribution in [0.25, 0.3) is 16.6 Å². The number of nitrogens with zero attached hydrogens (tertiary/aromatic N) is 6. The second-order valence-corrected chi connectivity index (χ2v) is 10.8. The summed E-state index contributed by atoms with van der Waals surface area (Å²) in [7, 11) is 3.22. The van der Waals surface area contributed by atoms with Crippen LogP contribution in [0.3, 0.4) is 0 Å². The Morgan fingerprint density at radius 3 is 2.62 bits per heavy atom. The molecule has 4 heterocycles. The average molecular weight is 653 g/mol. The van der Waals surface area contributed by atoms with Crippen molar-refractivity contribution < 1.29 is 36.6 Å². The number of rotatable bonds is 9. The number of ether oxygens (including phenoxy) is 3. The molecule has 1 atom stereocenters. The van der Waals surface area contributed by atoms with Gasteiger partial charge in [0, 0.05) is 35.8 Å². The fraction of sp³-hybridized carbons (Fsp3) is 0.258. The van der Waals surface area contributed by atoms with Crippen LogP contribution in [0.1, 0.15) is 18.4 Å². The minimum Gasteiger partial charge on any atom is -0.494 e. The van der Waals surface area contributed by atoms with Crippen LogP contribution in [-0.2, 0) is 4.79 Å². The van der Waals surface area contributed by atoms with Crippen molar-refractivity contribution in [3.05, 3.63) is 72.7 Å². The number of nitrogens with one attached hydrogen (secondary N) is 2. The van der Waals surface area contributed by atoms with E-state index in [1.165, 1.54) is 48.6 Å². The quantitative estimate of drug-likeness (QED) is 0.138. The number of anilines is 3. The number of carbonyl (C=O) groups is 1. The van der Waals surface area contributed by atoms with E-state index < -0.39 is 23.8 Å². The molecule has 2 aromatic carbocycles. The molecule has 47 heavy (non-hydrogen) atoms. The number of likely N-dealkylation sites (tertiary alicyclic amines) is 1. The highest BCUT2D eigenvalue weighted by Gasteiger charge is 2.33. The lowest BCUT2D eigenvalue weighted by molar-refractivity contribution is -0.274. The molecule has 12 nitrogen and oxygen atoms in total. The Morgan fingerprint density at radius 1 is 1.04 bits per heavy atom. The van der Waals surface area contributed by atoms with Crippen molar-refractivity contribution in [1.82, 2.24) is 29.5 Å². The van der Waals surface area contributed by atoms with Gasteiger partial charge >= 0.3 is 6.36 Å². The van der Waals surface area contributed by atoms with Crippen LogP contribution in [0.15, 0.2) is 67.2 Å². The third-order valence-corrected chi connectivity index (χ3v) is 7.57. The van der Waals surface area contributed by atoms with Crippen molar-refractivity contribution >= 4 is 39.6 Å². The van der Waals surface area contributed by atoms with E-state index in [-0.39, 0.29) is 34.7 Å². The number of methoxy groups -OCH3 is 1. The zero-order chi connectivity index (χ0) is 33.3. The molecule has 0 bridgehead atoms. The molecule has 0 spiro atoms. The lowest BCUT2D eigenvalue weighted by atomic mass is 10.1. The minimum absolute atomic E-state index is 0.0779. The summed E-state index contributed by atoms with van der Waals surface area (Å²) < 4.78 is 72.7. The van der Waals surface area contributed by atoms with Gasteiger partial charge in [-0.1, -0.05) is 0 Å². The maximum absolute atomic E-state index is 14.9. The molecule has 1 saturated heterocycles. The largest absolute Gasteiger partial charge is 0.573 e. The van der Waals surface area contributed by atoms with Gasteiger partial charge in [0.05, 0.1) is 24.0 Å². The molecule has 0 aliphatic carbocycles. The lowest BCUT2D eigenvalue weighted by Crippen LogP contribution is -2.24. The number of alkyl halides is 3. The number of aryl methyl sites for hydroxylation is 1. The second kappa shape index (κ2) is 12.7. The van der Waals surface area contributed by atoms with Crippen molar-refractivity contribution in [2.24, 2.45) is 0 Å². The first-order chi connectivity index (χ1) is 22.5. The maximum Gasteiger partial charge on any atom is 0.573 e. The molecule has 1 fully saturated rings. The Labute approximate surface area is 265 Å². The van der Waals surface area contributed by atoms with E-state index in [0.29, 0.717) is 27.9 Å². The molecule has 16 heteroatoms. The highest BCUT2D eigenvalue weighted by Crippen LogP contribution is 2.41. The Kier molecular flexibility index (Phi) is 8.51. The molecule has 1 amide bonds. The van der Waals surface area contributed by atoms with Crippen LogP contribution in [0.4, 0.5) is 34.8 Å². The number of hydrogen-bond acceptors (Lipinski definition) is 10. The Morgan fingerprint density at radius 2 is 1.87 bits per heavy atom. The fourth-order valence-electron chi connectivity index (χ4n) is 5.22. The van der Waals surface area contributed by atoms with Crippen LogP contribution < -0.4 is 24.8 Å². The van der Waals surface area contributed by atoms with E-state index in [1.54, 1.807) is 25.3 Å². The fourth-order valence-corrected chi connectivity index (χ4v) is 5.22. The van der Waals surface area contributed by atoms with Crippen molar-refractivity contribution in [2.75, 3.05) is 31.3 Å². The van der Waals surface area contributed by atoms with Gasteiger partial charge in [-0.15, -0.1) is 13.2 Å². The summed E-state index contributed by atoms with van der Waals surface area (Å²) >= 11 is 0. The van der Waals surface area contributed by atoms with Gasteiger partial charge in [0.25, 0.3) is 5.91 Å². The molecule has 1 aliphatic rings. The molecule has 1 aliphatic heterocycles. The Hall–Kier alpha value is -5.51. The molecule has 1 unspecified atom stereocenters. The molecule has 244 valence electrons. The number of likely N-dealkylation sites (N-methyl/N-ethyl adjacent to an activating group) is 1. The molecular formula is C31H28F4N8O4. The van der Waals surface area contributed by atoms with E-state index in [1.807, 2.05) is 11.9 Å². The highest BCUT2D eigenvalue weighted by atomic mass is 19.4. The minimum atomic E-state index is -5.03. The van der Waals surface area contributed by atoms with Crippen molar-refractivity contribution in [1.29, 1.82) is 0 Å². The molecular weight excluding hydrogens is 624 g/mol. The summed E-state index contributed by atoms with van der Waals surface area (Å²) in [5, 5.41) is 9.70. The second-order valence-electron chi connectivity index (χ2n) is 10.8. The first-order valence-corrected chi connectivity index (χ1v) is 14.3. The zero-order valence-electron chi connectivity index (χ0n) is 25.3. The number of hydrogen-bond donors (Lipinski definition) is 2. The molecule has 0 saturated carbocycles. The van der Waals surface area contributed by atoms with Gasteiger partial charge in [-0.2, -0.15) is 5.10 Å². The number of pyridine rings is 1. The van der Waals surface area contributed by atoms with Gasteiger partial charge in [0.15, 0.2) is 17.2 Å². The highest BCUT2D eigenvalue weighted by molar-refractivity contribution is 6.05. The van der Waals surface area contributed by atoms with Gasteiger partial charge in [-0.3, -0.25) is 9.69 Å². The molecule has 0 radical (unpaired) electrons. The predicted octanol–water partition coefficient (Wildman–Crippen LogP) is 6.31. The van der Waals surface area contributed by atoms with E-state index in [0.717, 1.165) is 25.5 Å². The summed E-state index contributed by atoms with van der Waals surface area (Å²) in [5.41, 5.74) is 1.29. The first-order valence-electron chi connectivity index (χ1n) is 14.3. The summed E-state index contributed by atoms with van der Waals surface area (Å²) in [6.45, 7) is 2.45. The zero-order valence-corrected chi connectivity index (χ0v) is 25.3. The summed E-state index contributed by atoms with van der Waals surface area (Å²) in [5.74, 6) is -1.86. The molecule has 5 aromatic rings. The van der Waals surface area contributed by atoms with Gasteiger partial charge in [-0.05, 0) is 63.2 Å². The number of halogens is 4. The van der Waals surface area contributed by atoms with Crippen LogP contribution in [0.5, 0.6) is 23.0 Å². The predicted molar refractivity (Wildman–Crippen MR) is 164 cm³/mol. The average Bonchev–Trinajstić information content (AvgIpc) is 3.66. The Bertz CT molecular complexity index is 2000. The van der Waals surface area contributed by atoms with Gasteiger partial charge in [0.2, 0.25) is 0 Å². The Balaban J connectivity index is 1.33. The molecule has 2 N–H and O–H groups in total. The van der Waals surface area contributed by atoms with Crippen LogP contribution in [-0.4, -0.2) is 68.5 Å². The topological polar surface area (TPSA) is 128 Å². The van der Waals surface area contributed by atoms with E-state index >= 15 is 0 Å². The summed E-state index contributed by atoms with van der Waals surface area (Å²) in [6.07, 6.45) is 2.03. The van der Waals surface area contributed by atoms with Gasteiger partial charge in [-0.25, -0.2) is 23.9 Å². The van der Waals surface area contributed by atoms with Crippen LogP contribution in [0.2, 0.25) is 0 Å². The van der Waals surface area contributed by atoms with Gasteiger partial charge < -0.3 is 24.8 Å². The molecule has 6 rings (SSSR count). The van der Waals surface area contributed by atoms with Crippen LogP contribution >= 0.6 is 0 Å². The monoisotopic (exact) mass is 652 g/mol. The SMILES string of the molecule is COc1cc2ncnc(Nc3cc(C)c(Oc4ccn5ncnc5c4)cc3OC(F)(F)F)c2cc1NC(=O)/C(F)=C\C1CCCN1C. The van der Waals surface area contributed by atoms with E-state index in [2.05, 4.69) is 35.4 Å². The maximum atomic E-state index is 14.9. The summed E-state index contributed by atoms with van der Waals surface area (Å²) in [4.78, 5) is 27.3. The number of carbonyl (C=O) groups excluding carboxylic acids is 1. The number of benzene rings is 2. The smallest absolute Gasteiger partial charge is 0.494 e. The first kappa shape index (κ1) is 31.5. The standard InChI is InChI=1S/C31H28F4N8O4/c1-17-9-23(27(47-31(33,34)35)14-25(17)46-19-6-8-43-28(11-19)37-16-39-43)40-29-20-12-24(26(45-3)13-22(20)36-15-38-29)41-30(44)21(32)10-18-5-4-7-42(18)2/h6,8-16,18H,4-5,7H2,1-3H3,(H,41,44)(H,36,38,40)/b21-10+.